The second-order valence-electron chi connectivity index (χ2n) is 3.56. The fraction of sp³-hybridized carbons (Fsp3) is 0.900. The monoisotopic (exact) mass is 168 g/mol. The molecular formula is C10H20N2. The average molecular weight is 168 g/mol. The van der Waals surface area contributed by atoms with Crippen LogP contribution in [0.2, 0.25) is 0 Å². The van der Waals surface area contributed by atoms with E-state index in [2.05, 4.69) is 31.7 Å². The predicted molar refractivity (Wildman–Crippen MR) is 51.8 cm³/mol. The van der Waals surface area contributed by atoms with Crippen molar-refractivity contribution < 1.29 is 0 Å². The normalized spacial score (nSPS) is 10.7. The zero-order valence-corrected chi connectivity index (χ0v) is 8.51. The van der Waals surface area contributed by atoms with Gasteiger partial charge >= 0.3 is 0 Å². The van der Waals surface area contributed by atoms with Gasteiger partial charge in [-0.15, -0.1) is 0 Å². The van der Waals surface area contributed by atoms with E-state index in [1.165, 1.54) is 12.8 Å². The average Bonchev–Trinajstić information content (AvgIpc) is 2.02. The third-order valence-electron chi connectivity index (χ3n) is 2.00. The summed E-state index contributed by atoms with van der Waals surface area (Å²) in [5.41, 5.74) is 0. The Kier molecular flexibility index (Phi) is 6.79. The molecule has 0 unspecified atom stereocenters. The van der Waals surface area contributed by atoms with Crippen LogP contribution in [0.4, 0.5) is 0 Å². The van der Waals surface area contributed by atoms with Crippen molar-refractivity contribution in [2.75, 3.05) is 19.6 Å². The van der Waals surface area contributed by atoms with E-state index in [0.717, 1.165) is 19.0 Å². The summed E-state index contributed by atoms with van der Waals surface area (Å²) in [5.74, 6) is 0.783. The van der Waals surface area contributed by atoms with Crippen molar-refractivity contribution >= 4 is 0 Å². The first-order valence-corrected chi connectivity index (χ1v) is 4.80. The molecule has 0 aliphatic carbocycles. The van der Waals surface area contributed by atoms with Crippen molar-refractivity contribution in [1.82, 2.24) is 4.90 Å². The molecule has 70 valence electrons. The maximum Gasteiger partial charge on any atom is 0.0865 e. The molecule has 0 radical (unpaired) electrons. The lowest BCUT2D eigenvalue weighted by Crippen LogP contribution is -2.24. The molecule has 0 aromatic rings. The van der Waals surface area contributed by atoms with Gasteiger partial charge in [0.15, 0.2) is 0 Å². The van der Waals surface area contributed by atoms with Crippen LogP contribution in [0.1, 0.15) is 33.6 Å². The van der Waals surface area contributed by atoms with Gasteiger partial charge in [0.25, 0.3) is 0 Å². The lowest BCUT2D eigenvalue weighted by atomic mass is 10.1. The Morgan fingerprint density at radius 3 is 2.50 bits per heavy atom. The van der Waals surface area contributed by atoms with E-state index in [9.17, 15) is 0 Å². The summed E-state index contributed by atoms with van der Waals surface area (Å²) in [7, 11) is 0. The molecule has 0 spiro atoms. The third kappa shape index (κ3) is 6.18. The van der Waals surface area contributed by atoms with Crippen LogP contribution in [0, 0.1) is 17.2 Å². The van der Waals surface area contributed by atoms with E-state index >= 15 is 0 Å². The van der Waals surface area contributed by atoms with Gasteiger partial charge in [0.05, 0.1) is 12.6 Å². The quantitative estimate of drug-likeness (QED) is 0.569. The molecule has 0 aromatic carbocycles. The maximum absolute atomic E-state index is 8.48. The lowest BCUT2D eigenvalue weighted by Gasteiger charge is -2.16. The number of hydrogen-bond acceptors (Lipinski definition) is 2. The summed E-state index contributed by atoms with van der Waals surface area (Å²) >= 11 is 0. The molecule has 0 rings (SSSR count). The Balaban J connectivity index is 3.39. The van der Waals surface area contributed by atoms with Crippen molar-refractivity contribution in [2.45, 2.75) is 33.6 Å². The molecule has 0 N–H and O–H groups in total. The molecule has 0 saturated carbocycles. The summed E-state index contributed by atoms with van der Waals surface area (Å²) in [5, 5.41) is 8.48. The molecule has 0 aromatic heterocycles. The highest BCUT2D eigenvalue weighted by Gasteiger charge is 2.01. The smallest absolute Gasteiger partial charge is 0.0865 e. The second-order valence-corrected chi connectivity index (χ2v) is 3.56. The van der Waals surface area contributed by atoms with E-state index in [0.29, 0.717) is 6.54 Å². The first kappa shape index (κ1) is 11.4. The second kappa shape index (κ2) is 7.12. The van der Waals surface area contributed by atoms with Gasteiger partial charge < -0.3 is 0 Å². The van der Waals surface area contributed by atoms with Gasteiger partial charge in [0, 0.05) is 0 Å². The zero-order chi connectivity index (χ0) is 9.40. The Bertz CT molecular complexity index is 135. The van der Waals surface area contributed by atoms with Crippen LogP contribution in [-0.2, 0) is 0 Å². The first-order chi connectivity index (χ1) is 5.70. The Morgan fingerprint density at radius 2 is 2.08 bits per heavy atom. The van der Waals surface area contributed by atoms with Crippen LogP contribution in [0.5, 0.6) is 0 Å². The van der Waals surface area contributed by atoms with Gasteiger partial charge in [0.2, 0.25) is 0 Å². The molecule has 0 aliphatic rings. The third-order valence-corrected chi connectivity index (χ3v) is 2.00. The summed E-state index contributed by atoms with van der Waals surface area (Å²) in [6.07, 6.45) is 2.48. The van der Waals surface area contributed by atoms with Crippen molar-refractivity contribution in [3.63, 3.8) is 0 Å². The summed E-state index contributed by atoms with van der Waals surface area (Å²) in [4.78, 5) is 2.18. The molecule has 0 heterocycles. The summed E-state index contributed by atoms with van der Waals surface area (Å²) < 4.78 is 0. The van der Waals surface area contributed by atoms with Gasteiger partial charge in [-0.05, 0) is 31.8 Å². The van der Waals surface area contributed by atoms with Crippen molar-refractivity contribution in [3.05, 3.63) is 0 Å². The topological polar surface area (TPSA) is 27.0 Å². The van der Waals surface area contributed by atoms with Crippen molar-refractivity contribution in [2.24, 2.45) is 5.92 Å². The Labute approximate surface area is 76.2 Å². The van der Waals surface area contributed by atoms with Gasteiger partial charge in [0.1, 0.15) is 0 Å². The molecule has 0 amide bonds. The van der Waals surface area contributed by atoms with Crippen molar-refractivity contribution in [1.29, 1.82) is 5.26 Å². The van der Waals surface area contributed by atoms with E-state index in [4.69, 9.17) is 5.26 Å². The van der Waals surface area contributed by atoms with Crippen LogP contribution >= 0.6 is 0 Å². The van der Waals surface area contributed by atoms with E-state index in [-0.39, 0.29) is 0 Å². The van der Waals surface area contributed by atoms with Gasteiger partial charge in [-0.25, -0.2) is 0 Å². The minimum atomic E-state index is 0.578. The molecular weight excluding hydrogens is 148 g/mol. The molecule has 2 nitrogen and oxygen atoms in total. The van der Waals surface area contributed by atoms with Gasteiger partial charge in [-0.2, -0.15) is 5.26 Å². The molecule has 0 saturated heterocycles. The molecule has 2 heteroatoms. The maximum atomic E-state index is 8.48. The first-order valence-electron chi connectivity index (χ1n) is 4.80. The highest BCUT2D eigenvalue weighted by atomic mass is 15.1. The summed E-state index contributed by atoms with van der Waals surface area (Å²) in [6.45, 7) is 9.22. The number of nitriles is 1. The van der Waals surface area contributed by atoms with Crippen LogP contribution in [0.15, 0.2) is 0 Å². The van der Waals surface area contributed by atoms with Crippen LogP contribution in [0.25, 0.3) is 0 Å². The number of rotatable bonds is 6. The lowest BCUT2D eigenvalue weighted by molar-refractivity contribution is 0.307. The van der Waals surface area contributed by atoms with Gasteiger partial charge in [-0.1, -0.05) is 20.8 Å². The van der Waals surface area contributed by atoms with Crippen molar-refractivity contribution in [3.8, 4) is 6.07 Å². The molecule has 0 aliphatic heterocycles. The fourth-order valence-electron chi connectivity index (χ4n) is 1.17. The molecule has 0 bridgehead atoms. The van der Waals surface area contributed by atoms with Gasteiger partial charge in [-0.3, -0.25) is 4.90 Å². The van der Waals surface area contributed by atoms with E-state index in [1.54, 1.807) is 0 Å². The Hall–Kier alpha value is -0.550. The SMILES string of the molecule is CCN(CC#N)CCCC(C)C. The standard InChI is InChI=1S/C10H20N2/c1-4-12(9-7-11)8-5-6-10(2)3/h10H,4-6,8-9H2,1-3H3. The summed E-state index contributed by atoms with van der Waals surface area (Å²) in [6, 6.07) is 2.18. The number of nitrogens with zero attached hydrogens (tertiary/aromatic N) is 2. The molecule has 12 heavy (non-hydrogen) atoms. The zero-order valence-electron chi connectivity index (χ0n) is 8.51. The van der Waals surface area contributed by atoms with E-state index < -0.39 is 0 Å². The molecule has 0 fully saturated rings. The van der Waals surface area contributed by atoms with Crippen LogP contribution in [-0.4, -0.2) is 24.5 Å². The fourth-order valence-corrected chi connectivity index (χ4v) is 1.17. The minimum Gasteiger partial charge on any atom is -0.291 e. The van der Waals surface area contributed by atoms with Crippen LogP contribution in [0.3, 0.4) is 0 Å². The largest absolute Gasteiger partial charge is 0.291 e. The minimum absolute atomic E-state index is 0.578. The highest BCUT2D eigenvalue weighted by molar-refractivity contribution is 4.75. The number of hydrogen-bond donors (Lipinski definition) is 0. The Morgan fingerprint density at radius 1 is 1.42 bits per heavy atom. The van der Waals surface area contributed by atoms with E-state index in [1.807, 2.05) is 0 Å². The predicted octanol–water partition coefficient (Wildman–Crippen LogP) is 2.27. The highest BCUT2D eigenvalue weighted by Crippen LogP contribution is 2.04. The van der Waals surface area contributed by atoms with Crippen LogP contribution < -0.4 is 0 Å². The molecule has 0 atom stereocenters.